The molecule has 3 rings (SSSR count). The lowest BCUT2D eigenvalue weighted by Gasteiger charge is -2.10. The summed E-state index contributed by atoms with van der Waals surface area (Å²) in [6.07, 6.45) is 3.30. The zero-order chi connectivity index (χ0) is 16.9. The lowest BCUT2D eigenvalue weighted by Crippen LogP contribution is -2.21. The zero-order valence-corrected chi connectivity index (χ0v) is 13.5. The van der Waals surface area contributed by atoms with E-state index in [1.807, 2.05) is 18.2 Å². The van der Waals surface area contributed by atoms with Gasteiger partial charge in [0, 0.05) is 5.69 Å². The molecule has 0 atom stereocenters. The van der Waals surface area contributed by atoms with Crippen molar-refractivity contribution in [1.29, 1.82) is 0 Å². The van der Waals surface area contributed by atoms with Crippen LogP contribution in [-0.2, 0) is 22.4 Å². The van der Waals surface area contributed by atoms with Gasteiger partial charge in [0.2, 0.25) is 0 Å². The van der Waals surface area contributed by atoms with Crippen molar-refractivity contribution in [3.05, 3.63) is 59.2 Å². The highest BCUT2D eigenvalue weighted by molar-refractivity contribution is 5.96. The summed E-state index contributed by atoms with van der Waals surface area (Å²) < 4.78 is 10.2. The van der Waals surface area contributed by atoms with E-state index < -0.39 is 5.97 Å². The maximum atomic E-state index is 12.1. The number of para-hydroxylation sites is 1. The number of hydrogen-bond acceptors (Lipinski definition) is 4. The van der Waals surface area contributed by atoms with Crippen LogP contribution in [0.5, 0.6) is 5.75 Å². The van der Waals surface area contributed by atoms with Gasteiger partial charge in [0.1, 0.15) is 11.3 Å². The first-order chi connectivity index (χ1) is 11.7. The summed E-state index contributed by atoms with van der Waals surface area (Å²) >= 11 is 0. The van der Waals surface area contributed by atoms with Crippen LogP contribution in [0.2, 0.25) is 0 Å². The van der Waals surface area contributed by atoms with Crippen molar-refractivity contribution in [2.75, 3.05) is 19.0 Å². The van der Waals surface area contributed by atoms with E-state index in [-0.39, 0.29) is 12.5 Å². The molecule has 0 radical (unpaired) electrons. The average molecular weight is 325 g/mol. The fraction of sp³-hybridized carbons (Fsp3) is 0.263. The van der Waals surface area contributed by atoms with Crippen LogP contribution in [-0.4, -0.2) is 25.6 Å². The number of esters is 1. The first kappa shape index (κ1) is 16.1. The van der Waals surface area contributed by atoms with Gasteiger partial charge in [0.15, 0.2) is 6.61 Å². The molecule has 24 heavy (non-hydrogen) atoms. The molecule has 1 aliphatic rings. The summed E-state index contributed by atoms with van der Waals surface area (Å²) in [4.78, 5) is 24.0. The summed E-state index contributed by atoms with van der Waals surface area (Å²) in [6, 6.07) is 12.6. The van der Waals surface area contributed by atoms with Crippen molar-refractivity contribution in [1.82, 2.24) is 0 Å². The zero-order valence-electron chi connectivity index (χ0n) is 13.5. The molecule has 2 aromatic rings. The minimum atomic E-state index is -0.587. The summed E-state index contributed by atoms with van der Waals surface area (Å²) in [5, 5.41) is 2.76. The minimum absolute atomic E-state index is 0.297. The van der Waals surface area contributed by atoms with Gasteiger partial charge in [-0.15, -0.1) is 0 Å². The van der Waals surface area contributed by atoms with Gasteiger partial charge in [0.25, 0.3) is 5.91 Å². The third-order valence-electron chi connectivity index (χ3n) is 4.04. The number of nitrogens with one attached hydrogen (secondary N) is 1. The molecule has 2 aromatic carbocycles. The lowest BCUT2D eigenvalue weighted by atomic mass is 10.1. The van der Waals surface area contributed by atoms with Gasteiger partial charge in [-0.1, -0.05) is 18.2 Å². The molecule has 1 aliphatic carbocycles. The van der Waals surface area contributed by atoms with Crippen LogP contribution in [0.15, 0.2) is 42.5 Å². The number of aryl methyl sites for hydroxylation is 2. The number of anilines is 1. The Morgan fingerprint density at radius 1 is 1.08 bits per heavy atom. The van der Waals surface area contributed by atoms with Crippen molar-refractivity contribution in [2.45, 2.75) is 19.3 Å². The molecule has 5 heteroatoms. The Morgan fingerprint density at radius 3 is 2.71 bits per heavy atom. The van der Waals surface area contributed by atoms with Gasteiger partial charge in [-0.25, -0.2) is 4.79 Å². The van der Waals surface area contributed by atoms with Crippen LogP contribution in [0.3, 0.4) is 0 Å². The molecule has 5 nitrogen and oxygen atoms in total. The first-order valence-corrected chi connectivity index (χ1v) is 7.89. The second-order valence-corrected chi connectivity index (χ2v) is 5.66. The van der Waals surface area contributed by atoms with Crippen LogP contribution in [0, 0.1) is 0 Å². The molecular weight excluding hydrogens is 306 g/mol. The molecule has 0 saturated heterocycles. The predicted molar refractivity (Wildman–Crippen MR) is 90.4 cm³/mol. The second-order valence-electron chi connectivity index (χ2n) is 5.66. The van der Waals surface area contributed by atoms with Crippen molar-refractivity contribution in [3.63, 3.8) is 0 Å². The van der Waals surface area contributed by atoms with Gasteiger partial charge in [-0.3, -0.25) is 4.79 Å². The van der Waals surface area contributed by atoms with E-state index in [0.717, 1.165) is 24.9 Å². The molecule has 0 heterocycles. The standard InChI is InChI=1S/C19H19NO4/c1-23-17-8-3-2-7-16(17)19(22)24-12-18(21)20-15-10-9-13-5-4-6-14(13)11-15/h2-3,7-11H,4-6,12H2,1H3,(H,20,21). The number of carbonyl (C=O) groups is 2. The highest BCUT2D eigenvalue weighted by Crippen LogP contribution is 2.25. The van der Waals surface area contributed by atoms with Gasteiger partial charge < -0.3 is 14.8 Å². The number of rotatable bonds is 5. The maximum absolute atomic E-state index is 12.1. The molecule has 1 N–H and O–H groups in total. The van der Waals surface area contributed by atoms with E-state index in [2.05, 4.69) is 5.32 Å². The third kappa shape index (κ3) is 3.56. The average Bonchev–Trinajstić information content (AvgIpc) is 3.07. The van der Waals surface area contributed by atoms with Gasteiger partial charge >= 0.3 is 5.97 Å². The molecular formula is C19H19NO4. The highest BCUT2D eigenvalue weighted by atomic mass is 16.5. The largest absolute Gasteiger partial charge is 0.496 e. The quantitative estimate of drug-likeness (QED) is 0.858. The number of fused-ring (bicyclic) bond motifs is 1. The lowest BCUT2D eigenvalue weighted by molar-refractivity contribution is -0.119. The van der Waals surface area contributed by atoms with Crippen molar-refractivity contribution < 1.29 is 19.1 Å². The van der Waals surface area contributed by atoms with E-state index in [1.54, 1.807) is 24.3 Å². The summed E-state index contributed by atoms with van der Waals surface area (Å²) in [7, 11) is 1.48. The van der Waals surface area contributed by atoms with Crippen molar-refractivity contribution >= 4 is 17.6 Å². The van der Waals surface area contributed by atoms with Gasteiger partial charge in [0.05, 0.1) is 7.11 Å². The number of benzene rings is 2. The fourth-order valence-corrected chi connectivity index (χ4v) is 2.87. The predicted octanol–water partition coefficient (Wildman–Crippen LogP) is 2.98. The van der Waals surface area contributed by atoms with E-state index in [4.69, 9.17) is 9.47 Å². The molecule has 0 aromatic heterocycles. The number of carbonyl (C=O) groups excluding carboxylic acids is 2. The van der Waals surface area contributed by atoms with Crippen molar-refractivity contribution in [2.24, 2.45) is 0 Å². The van der Waals surface area contributed by atoms with Gasteiger partial charge in [-0.2, -0.15) is 0 Å². The molecule has 0 bridgehead atoms. The summed E-state index contributed by atoms with van der Waals surface area (Å²) in [5.74, 6) is -0.533. The fourth-order valence-electron chi connectivity index (χ4n) is 2.87. The summed E-state index contributed by atoms with van der Waals surface area (Å²) in [5.41, 5.74) is 3.65. The molecule has 1 amide bonds. The van der Waals surface area contributed by atoms with E-state index in [0.29, 0.717) is 11.3 Å². The minimum Gasteiger partial charge on any atom is -0.496 e. The smallest absolute Gasteiger partial charge is 0.342 e. The Hall–Kier alpha value is -2.82. The second kappa shape index (κ2) is 7.17. The van der Waals surface area contributed by atoms with Gasteiger partial charge in [-0.05, 0) is 54.7 Å². The van der Waals surface area contributed by atoms with E-state index in [1.165, 1.54) is 18.2 Å². The number of ether oxygens (including phenoxy) is 2. The Morgan fingerprint density at radius 2 is 1.88 bits per heavy atom. The molecule has 124 valence electrons. The molecule has 0 saturated carbocycles. The molecule has 0 unspecified atom stereocenters. The Bertz CT molecular complexity index is 770. The Balaban J connectivity index is 1.56. The third-order valence-corrected chi connectivity index (χ3v) is 4.04. The normalized spacial score (nSPS) is 12.4. The first-order valence-electron chi connectivity index (χ1n) is 7.89. The van der Waals surface area contributed by atoms with Crippen molar-refractivity contribution in [3.8, 4) is 5.75 Å². The molecule has 0 aliphatic heterocycles. The topological polar surface area (TPSA) is 64.6 Å². The maximum Gasteiger partial charge on any atom is 0.342 e. The molecule has 0 spiro atoms. The van der Waals surface area contributed by atoms with Crippen LogP contribution in [0.25, 0.3) is 0 Å². The number of hydrogen-bond donors (Lipinski definition) is 1. The SMILES string of the molecule is COc1ccccc1C(=O)OCC(=O)Nc1ccc2c(c1)CCC2. The van der Waals surface area contributed by atoms with Crippen LogP contribution in [0.1, 0.15) is 27.9 Å². The monoisotopic (exact) mass is 325 g/mol. The highest BCUT2D eigenvalue weighted by Gasteiger charge is 2.15. The number of methoxy groups -OCH3 is 1. The van der Waals surface area contributed by atoms with Crippen LogP contribution < -0.4 is 10.1 Å². The van der Waals surface area contributed by atoms with E-state index >= 15 is 0 Å². The number of amides is 1. The Labute approximate surface area is 140 Å². The van der Waals surface area contributed by atoms with Crippen LogP contribution >= 0.6 is 0 Å². The van der Waals surface area contributed by atoms with Crippen LogP contribution in [0.4, 0.5) is 5.69 Å². The molecule has 0 fully saturated rings. The summed E-state index contributed by atoms with van der Waals surface area (Å²) in [6.45, 7) is -0.339. The Kier molecular flexibility index (Phi) is 4.79. The van der Waals surface area contributed by atoms with E-state index in [9.17, 15) is 9.59 Å².